The molecular weight excluding hydrogens is 412 g/mol. The number of H-pyrrole nitrogens is 1. The highest BCUT2D eigenvalue weighted by Gasteiger charge is 2.32. The molecule has 0 aliphatic carbocycles. The number of amides is 1. The Kier molecular flexibility index (Phi) is 6.41. The maximum atomic E-state index is 12.8. The molecule has 3 aromatic rings. The molecule has 1 aromatic heterocycles. The third kappa shape index (κ3) is 4.58. The first kappa shape index (κ1) is 22.1. The summed E-state index contributed by atoms with van der Waals surface area (Å²) >= 11 is 0. The van der Waals surface area contributed by atoms with E-state index in [1.165, 1.54) is 11.1 Å². The van der Waals surface area contributed by atoms with Gasteiger partial charge in [0.2, 0.25) is 0 Å². The molecule has 1 atom stereocenters. The number of carbonyl (C=O) groups excluding carboxylic acids is 1. The molecule has 6 heteroatoms. The summed E-state index contributed by atoms with van der Waals surface area (Å²) in [6.45, 7) is 4.95. The summed E-state index contributed by atoms with van der Waals surface area (Å²) in [5, 5.41) is 16.5. The molecule has 4 rings (SSSR count). The van der Waals surface area contributed by atoms with Crippen molar-refractivity contribution in [3.05, 3.63) is 94.8 Å². The van der Waals surface area contributed by atoms with Crippen molar-refractivity contribution in [3.8, 4) is 11.8 Å². The van der Waals surface area contributed by atoms with E-state index in [0.717, 1.165) is 11.8 Å². The summed E-state index contributed by atoms with van der Waals surface area (Å²) in [6, 6.07) is 20.4. The second kappa shape index (κ2) is 9.58. The predicted molar refractivity (Wildman–Crippen MR) is 128 cm³/mol. The highest BCUT2D eigenvalue weighted by atomic mass is 16.5. The SMILES string of the molecule is Cc1c(C(=O)N2CC(C#N)C2)c[nH]c1/C(=C\C=N)Oc1ccc(C(C)c2ccccc2)cc1. The van der Waals surface area contributed by atoms with E-state index >= 15 is 0 Å². The molecule has 166 valence electrons. The zero-order valence-electron chi connectivity index (χ0n) is 18.7. The van der Waals surface area contributed by atoms with E-state index < -0.39 is 0 Å². The molecular formula is C27H26N4O2. The minimum Gasteiger partial charge on any atom is -0.455 e. The lowest BCUT2D eigenvalue weighted by Gasteiger charge is -2.35. The van der Waals surface area contributed by atoms with Crippen LogP contribution in [0, 0.1) is 29.6 Å². The summed E-state index contributed by atoms with van der Waals surface area (Å²) in [7, 11) is 0. The number of hydrogen-bond acceptors (Lipinski definition) is 4. The third-order valence-electron chi connectivity index (χ3n) is 6.11. The first-order valence-corrected chi connectivity index (χ1v) is 10.9. The number of nitrogens with one attached hydrogen (secondary N) is 2. The van der Waals surface area contributed by atoms with Crippen LogP contribution in [0.3, 0.4) is 0 Å². The fourth-order valence-electron chi connectivity index (χ4n) is 4.00. The average molecular weight is 439 g/mol. The van der Waals surface area contributed by atoms with E-state index in [-0.39, 0.29) is 17.7 Å². The van der Waals surface area contributed by atoms with Crippen molar-refractivity contribution in [2.24, 2.45) is 5.92 Å². The van der Waals surface area contributed by atoms with Gasteiger partial charge in [-0.1, -0.05) is 49.4 Å². The van der Waals surface area contributed by atoms with E-state index in [1.54, 1.807) is 17.2 Å². The molecule has 2 aromatic carbocycles. The van der Waals surface area contributed by atoms with E-state index in [9.17, 15) is 4.79 Å². The standard InChI is InChI=1S/C27H26N4O2/c1-18(21-6-4-3-5-7-21)22-8-10-23(11-9-22)33-25(12-13-28)26-19(2)24(15-30-26)27(32)31-16-20(14-29)17-31/h3-13,15,18,20,28,30H,16-17H2,1-2H3/b25-12+,28-13?. The molecule has 0 radical (unpaired) electrons. The second-order valence-electron chi connectivity index (χ2n) is 8.24. The fourth-order valence-corrected chi connectivity index (χ4v) is 4.00. The number of benzene rings is 2. The Balaban J connectivity index is 1.50. The molecule has 0 bridgehead atoms. The lowest BCUT2D eigenvalue weighted by Crippen LogP contribution is -2.49. The number of aromatic amines is 1. The molecule has 0 saturated carbocycles. The van der Waals surface area contributed by atoms with Crippen LogP contribution < -0.4 is 4.74 Å². The van der Waals surface area contributed by atoms with Gasteiger partial charge in [-0.05, 0) is 35.7 Å². The number of aromatic nitrogens is 1. The first-order valence-electron chi connectivity index (χ1n) is 10.9. The second-order valence-corrected chi connectivity index (χ2v) is 8.24. The molecule has 1 amide bonds. The van der Waals surface area contributed by atoms with Gasteiger partial charge >= 0.3 is 0 Å². The number of likely N-dealkylation sites (tertiary alicyclic amines) is 1. The Hall–Kier alpha value is -4.11. The summed E-state index contributed by atoms with van der Waals surface area (Å²) in [6.07, 6.45) is 4.39. The zero-order chi connectivity index (χ0) is 23.4. The van der Waals surface area contributed by atoms with Crippen LogP contribution in [0.4, 0.5) is 0 Å². The van der Waals surface area contributed by atoms with Gasteiger partial charge in [0.1, 0.15) is 5.75 Å². The molecule has 2 N–H and O–H groups in total. The van der Waals surface area contributed by atoms with Gasteiger partial charge in [-0.2, -0.15) is 5.26 Å². The van der Waals surface area contributed by atoms with Gasteiger partial charge in [-0.3, -0.25) is 4.79 Å². The van der Waals surface area contributed by atoms with Crippen molar-refractivity contribution in [3.63, 3.8) is 0 Å². The highest BCUT2D eigenvalue weighted by Crippen LogP contribution is 2.29. The van der Waals surface area contributed by atoms with E-state index in [1.807, 2.05) is 49.4 Å². The smallest absolute Gasteiger partial charge is 0.255 e. The Labute approximate surface area is 193 Å². The largest absolute Gasteiger partial charge is 0.455 e. The van der Waals surface area contributed by atoms with E-state index in [2.05, 4.69) is 30.1 Å². The summed E-state index contributed by atoms with van der Waals surface area (Å²) in [5.74, 6) is 1.18. The van der Waals surface area contributed by atoms with Crippen molar-refractivity contribution in [1.29, 1.82) is 10.7 Å². The molecule has 6 nitrogen and oxygen atoms in total. The Morgan fingerprint density at radius 3 is 2.48 bits per heavy atom. The minimum atomic E-state index is -0.102. The predicted octanol–water partition coefficient (Wildman–Crippen LogP) is 5.14. The number of nitriles is 1. The lowest BCUT2D eigenvalue weighted by atomic mass is 9.93. The highest BCUT2D eigenvalue weighted by molar-refractivity contribution is 5.97. The number of rotatable bonds is 7. The topological polar surface area (TPSA) is 93.0 Å². The lowest BCUT2D eigenvalue weighted by molar-refractivity contribution is 0.0577. The fraction of sp³-hybridized carbons (Fsp3) is 0.222. The number of nitrogens with zero attached hydrogens (tertiary/aromatic N) is 2. The number of allylic oxidation sites excluding steroid dienone is 1. The van der Waals surface area contributed by atoms with Crippen LogP contribution in [-0.4, -0.2) is 35.1 Å². The summed E-state index contributed by atoms with van der Waals surface area (Å²) < 4.78 is 6.10. The van der Waals surface area contributed by atoms with Gasteiger partial charge in [0.15, 0.2) is 5.76 Å². The zero-order valence-corrected chi connectivity index (χ0v) is 18.7. The molecule has 1 saturated heterocycles. The summed E-state index contributed by atoms with van der Waals surface area (Å²) in [5.41, 5.74) is 4.38. The molecule has 2 heterocycles. The van der Waals surface area contributed by atoms with Gasteiger partial charge < -0.3 is 20.0 Å². The first-order chi connectivity index (χ1) is 16.0. The van der Waals surface area contributed by atoms with Crippen LogP contribution in [0.25, 0.3) is 5.76 Å². The van der Waals surface area contributed by atoms with Crippen LogP contribution in [0.15, 0.2) is 66.9 Å². The Bertz CT molecular complexity index is 1210. The quantitative estimate of drug-likeness (QED) is 0.395. The number of hydrogen-bond donors (Lipinski definition) is 2. The van der Waals surface area contributed by atoms with Gasteiger partial charge in [-0.15, -0.1) is 0 Å². The number of carbonyl (C=O) groups is 1. The van der Waals surface area contributed by atoms with Crippen LogP contribution in [0.5, 0.6) is 5.75 Å². The van der Waals surface area contributed by atoms with Crippen LogP contribution in [0.1, 0.15) is 45.6 Å². The van der Waals surface area contributed by atoms with Gasteiger partial charge in [-0.25, -0.2) is 0 Å². The molecule has 0 spiro atoms. The van der Waals surface area contributed by atoms with Gasteiger partial charge in [0, 0.05) is 37.5 Å². The molecule has 1 fully saturated rings. The number of ether oxygens (including phenoxy) is 1. The minimum absolute atomic E-state index is 0.0862. The van der Waals surface area contributed by atoms with Crippen molar-refractivity contribution in [2.45, 2.75) is 19.8 Å². The van der Waals surface area contributed by atoms with Crippen LogP contribution >= 0.6 is 0 Å². The van der Waals surface area contributed by atoms with E-state index in [0.29, 0.717) is 35.9 Å². The van der Waals surface area contributed by atoms with Crippen molar-refractivity contribution < 1.29 is 9.53 Å². The molecule has 33 heavy (non-hydrogen) atoms. The maximum absolute atomic E-state index is 12.8. The van der Waals surface area contributed by atoms with Crippen LogP contribution in [0.2, 0.25) is 0 Å². The van der Waals surface area contributed by atoms with Crippen molar-refractivity contribution in [1.82, 2.24) is 9.88 Å². The average Bonchev–Trinajstić information content (AvgIpc) is 3.20. The molecule has 1 unspecified atom stereocenters. The summed E-state index contributed by atoms with van der Waals surface area (Å²) in [4.78, 5) is 17.6. The van der Waals surface area contributed by atoms with Crippen molar-refractivity contribution in [2.75, 3.05) is 13.1 Å². The van der Waals surface area contributed by atoms with Crippen LogP contribution in [-0.2, 0) is 0 Å². The molecule has 1 aliphatic rings. The van der Waals surface area contributed by atoms with Gasteiger partial charge in [0.25, 0.3) is 5.91 Å². The Morgan fingerprint density at radius 2 is 1.85 bits per heavy atom. The maximum Gasteiger partial charge on any atom is 0.255 e. The van der Waals surface area contributed by atoms with Gasteiger partial charge in [0.05, 0.1) is 23.2 Å². The Morgan fingerprint density at radius 1 is 1.18 bits per heavy atom. The third-order valence-corrected chi connectivity index (χ3v) is 6.11. The van der Waals surface area contributed by atoms with E-state index in [4.69, 9.17) is 15.4 Å². The van der Waals surface area contributed by atoms with Crippen molar-refractivity contribution >= 4 is 17.9 Å². The molecule has 1 aliphatic heterocycles. The normalized spacial score (nSPS) is 14.8. The monoisotopic (exact) mass is 438 g/mol.